The molecule has 0 bridgehead atoms. The molecule has 0 aromatic rings. The topological polar surface area (TPSA) is 63.4 Å². The number of rotatable bonds is 7. The van der Waals surface area contributed by atoms with E-state index < -0.39 is 10.0 Å². The second-order valence-corrected chi connectivity index (χ2v) is 5.04. The molecule has 0 amide bonds. The zero-order valence-corrected chi connectivity index (χ0v) is 9.31. The number of hydrogen-bond acceptors (Lipinski definition) is 3. The van der Waals surface area contributed by atoms with E-state index in [9.17, 15) is 8.42 Å². The van der Waals surface area contributed by atoms with Gasteiger partial charge in [-0.15, -0.1) is 0 Å². The Balaban J connectivity index is 4.20. The van der Waals surface area contributed by atoms with Gasteiger partial charge in [0.1, 0.15) is 0 Å². The average molecular weight is 208 g/mol. The van der Waals surface area contributed by atoms with Gasteiger partial charge >= 0.3 is 0 Å². The van der Waals surface area contributed by atoms with E-state index in [1.54, 1.807) is 0 Å². The van der Waals surface area contributed by atoms with Gasteiger partial charge < -0.3 is 5.73 Å². The highest BCUT2D eigenvalue weighted by Gasteiger charge is 2.17. The van der Waals surface area contributed by atoms with Crippen molar-refractivity contribution in [1.82, 2.24) is 4.31 Å². The maximum atomic E-state index is 11.6. The van der Waals surface area contributed by atoms with Crippen molar-refractivity contribution in [2.24, 2.45) is 5.73 Å². The molecule has 5 heteroatoms. The van der Waals surface area contributed by atoms with Gasteiger partial charge in [-0.1, -0.05) is 13.8 Å². The largest absolute Gasteiger partial charge is 0.330 e. The van der Waals surface area contributed by atoms with Crippen LogP contribution in [-0.2, 0) is 10.0 Å². The lowest BCUT2D eigenvalue weighted by Crippen LogP contribution is -2.34. The van der Waals surface area contributed by atoms with Crippen molar-refractivity contribution in [2.75, 3.05) is 25.4 Å². The van der Waals surface area contributed by atoms with Crippen LogP contribution in [0, 0.1) is 0 Å². The number of hydrogen-bond donors (Lipinski definition) is 1. The molecule has 0 radical (unpaired) electrons. The molecule has 0 fully saturated rings. The lowest BCUT2D eigenvalue weighted by atomic mass is 10.4. The highest BCUT2D eigenvalue weighted by molar-refractivity contribution is 7.89. The van der Waals surface area contributed by atoms with Crippen molar-refractivity contribution >= 4 is 10.0 Å². The van der Waals surface area contributed by atoms with Crippen LogP contribution in [0.1, 0.15) is 26.7 Å². The first-order valence-electron chi connectivity index (χ1n) is 4.76. The third-order valence-corrected chi connectivity index (χ3v) is 3.97. The molecule has 0 rings (SSSR count). The van der Waals surface area contributed by atoms with E-state index in [0.29, 0.717) is 26.1 Å². The van der Waals surface area contributed by atoms with Crippen LogP contribution in [0.5, 0.6) is 0 Å². The SMILES string of the molecule is CCCS(=O)(=O)N(CC)CCCN. The molecule has 0 atom stereocenters. The quantitative estimate of drug-likeness (QED) is 0.658. The molecule has 80 valence electrons. The Morgan fingerprint density at radius 1 is 1.31 bits per heavy atom. The van der Waals surface area contributed by atoms with Crippen molar-refractivity contribution in [2.45, 2.75) is 26.7 Å². The van der Waals surface area contributed by atoms with E-state index in [4.69, 9.17) is 5.73 Å². The van der Waals surface area contributed by atoms with Crippen LogP contribution in [-0.4, -0.2) is 38.1 Å². The Hall–Kier alpha value is -0.130. The first kappa shape index (κ1) is 12.9. The monoisotopic (exact) mass is 208 g/mol. The normalized spacial score (nSPS) is 12.3. The molecule has 0 aliphatic heterocycles. The molecule has 0 spiro atoms. The van der Waals surface area contributed by atoms with Gasteiger partial charge in [0.05, 0.1) is 5.75 Å². The number of nitrogens with two attached hydrogens (primary N) is 1. The highest BCUT2D eigenvalue weighted by Crippen LogP contribution is 2.03. The van der Waals surface area contributed by atoms with Gasteiger partial charge in [0.2, 0.25) is 10.0 Å². The Morgan fingerprint density at radius 3 is 2.31 bits per heavy atom. The third-order valence-electron chi connectivity index (χ3n) is 1.82. The molecule has 4 nitrogen and oxygen atoms in total. The van der Waals surface area contributed by atoms with Gasteiger partial charge in [0.25, 0.3) is 0 Å². The van der Waals surface area contributed by atoms with Gasteiger partial charge in [-0.25, -0.2) is 12.7 Å². The molecule has 0 aromatic heterocycles. The lowest BCUT2D eigenvalue weighted by Gasteiger charge is -2.19. The van der Waals surface area contributed by atoms with Crippen LogP contribution in [0.2, 0.25) is 0 Å². The summed E-state index contributed by atoms with van der Waals surface area (Å²) in [7, 11) is -3.02. The fraction of sp³-hybridized carbons (Fsp3) is 1.00. The molecule has 13 heavy (non-hydrogen) atoms. The summed E-state index contributed by atoms with van der Waals surface area (Å²) in [5.74, 6) is 0.241. The summed E-state index contributed by atoms with van der Waals surface area (Å²) >= 11 is 0. The van der Waals surface area contributed by atoms with Gasteiger partial charge in [-0.3, -0.25) is 0 Å². The Bertz CT molecular complexity index is 214. The lowest BCUT2D eigenvalue weighted by molar-refractivity contribution is 0.422. The summed E-state index contributed by atoms with van der Waals surface area (Å²) in [5.41, 5.74) is 5.33. The zero-order chi connectivity index (χ0) is 10.3. The van der Waals surface area contributed by atoms with Crippen molar-refractivity contribution in [3.8, 4) is 0 Å². The number of sulfonamides is 1. The molecule has 0 unspecified atom stereocenters. The van der Waals surface area contributed by atoms with E-state index in [1.165, 1.54) is 4.31 Å². The molecular weight excluding hydrogens is 188 g/mol. The fourth-order valence-corrected chi connectivity index (χ4v) is 2.72. The van der Waals surface area contributed by atoms with Crippen molar-refractivity contribution in [1.29, 1.82) is 0 Å². The summed E-state index contributed by atoms with van der Waals surface area (Å²) in [6, 6.07) is 0. The maximum absolute atomic E-state index is 11.6. The average Bonchev–Trinajstić information content (AvgIpc) is 2.05. The fourth-order valence-electron chi connectivity index (χ4n) is 1.15. The van der Waals surface area contributed by atoms with Crippen LogP contribution < -0.4 is 5.73 Å². The summed E-state index contributed by atoms with van der Waals surface area (Å²) in [6.45, 7) is 5.36. The smallest absolute Gasteiger partial charge is 0.214 e. The highest BCUT2D eigenvalue weighted by atomic mass is 32.2. The van der Waals surface area contributed by atoms with Gasteiger partial charge in [0, 0.05) is 13.1 Å². The summed E-state index contributed by atoms with van der Waals surface area (Å²) in [4.78, 5) is 0. The van der Waals surface area contributed by atoms with Crippen LogP contribution >= 0.6 is 0 Å². The van der Waals surface area contributed by atoms with E-state index in [0.717, 1.165) is 6.42 Å². The molecular formula is C8H20N2O2S. The second kappa shape index (κ2) is 6.34. The standard InChI is InChI=1S/C8H20N2O2S/c1-3-8-13(11,12)10(4-2)7-5-6-9/h3-9H2,1-2H3. The molecule has 0 aliphatic carbocycles. The molecule has 0 saturated heterocycles. The molecule has 0 aliphatic rings. The van der Waals surface area contributed by atoms with Gasteiger partial charge in [-0.05, 0) is 19.4 Å². The zero-order valence-electron chi connectivity index (χ0n) is 8.49. The van der Waals surface area contributed by atoms with E-state index >= 15 is 0 Å². The van der Waals surface area contributed by atoms with Crippen LogP contribution in [0.15, 0.2) is 0 Å². The Kier molecular flexibility index (Phi) is 6.28. The third kappa shape index (κ3) is 4.59. The van der Waals surface area contributed by atoms with Gasteiger partial charge in [-0.2, -0.15) is 0 Å². The van der Waals surface area contributed by atoms with E-state index in [-0.39, 0.29) is 5.75 Å². The summed E-state index contributed by atoms with van der Waals surface area (Å²) in [5, 5.41) is 0. The van der Waals surface area contributed by atoms with Crippen LogP contribution in [0.4, 0.5) is 0 Å². The van der Waals surface area contributed by atoms with Crippen LogP contribution in [0.25, 0.3) is 0 Å². The van der Waals surface area contributed by atoms with E-state index in [1.807, 2.05) is 13.8 Å². The number of nitrogens with zero attached hydrogens (tertiary/aromatic N) is 1. The van der Waals surface area contributed by atoms with Crippen LogP contribution in [0.3, 0.4) is 0 Å². The maximum Gasteiger partial charge on any atom is 0.214 e. The predicted octanol–water partition coefficient (Wildman–Crippen LogP) is 0.397. The van der Waals surface area contributed by atoms with Crippen molar-refractivity contribution < 1.29 is 8.42 Å². The molecule has 0 saturated carbocycles. The minimum atomic E-state index is -3.02. The second-order valence-electron chi connectivity index (χ2n) is 2.95. The summed E-state index contributed by atoms with van der Waals surface area (Å²) in [6.07, 6.45) is 1.40. The molecule has 2 N–H and O–H groups in total. The molecule has 0 aromatic carbocycles. The molecule has 0 heterocycles. The summed E-state index contributed by atoms with van der Waals surface area (Å²) < 4.78 is 24.6. The minimum Gasteiger partial charge on any atom is -0.330 e. The first-order chi connectivity index (χ1) is 6.08. The van der Waals surface area contributed by atoms with E-state index in [2.05, 4.69) is 0 Å². The minimum absolute atomic E-state index is 0.241. The Labute approximate surface area is 81.2 Å². The predicted molar refractivity (Wildman–Crippen MR) is 55.0 cm³/mol. The van der Waals surface area contributed by atoms with Crippen molar-refractivity contribution in [3.63, 3.8) is 0 Å². The Morgan fingerprint density at radius 2 is 1.92 bits per heavy atom. The van der Waals surface area contributed by atoms with Gasteiger partial charge in [0.15, 0.2) is 0 Å². The van der Waals surface area contributed by atoms with Crippen molar-refractivity contribution in [3.05, 3.63) is 0 Å². The first-order valence-corrected chi connectivity index (χ1v) is 6.37.